The number of aliphatic hydroxyl groups excluding tert-OH is 1. The first-order valence-corrected chi connectivity index (χ1v) is 41.7. The SMILES string of the molecule is CCC(C)CCCCCCCCCCC(=O)O[C@H](COC(=O)CCCCCCCCCC(C)C)COP(=O)(O)OCC(O)COP(=O)(O)OC[C@@H](COC(=O)CCCCCCCCCCCCC(C)C)OC(=O)CCCCCCCCCCCCCCCCCCC(C)C. The zero-order valence-corrected chi connectivity index (χ0v) is 63.4. The number of ether oxygens (including phenoxy) is 4. The summed E-state index contributed by atoms with van der Waals surface area (Å²) >= 11 is 0. The molecule has 0 saturated carbocycles. The Labute approximate surface area is 575 Å². The maximum absolute atomic E-state index is 13.1. The third-order valence-electron chi connectivity index (χ3n) is 17.7. The summed E-state index contributed by atoms with van der Waals surface area (Å²) in [5, 5.41) is 10.6. The molecule has 3 N–H and O–H groups in total. The normalized spacial score (nSPS) is 14.4. The molecule has 0 amide bonds. The van der Waals surface area contributed by atoms with Gasteiger partial charge in [0.15, 0.2) is 12.2 Å². The molecule has 94 heavy (non-hydrogen) atoms. The lowest BCUT2D eigenvalue weighted by Crippen LogP contribution is -2.30. The largest absolute Gasteiger partial charge is 0.472 e. The second kappa shape index (κ2) is 64.4. The van der Waals surface area contributed by atoms with Crippen molar-refractivity contribution in [3.8, 4) is 0 Å². The first-order valence-electron chi connectivity index (χ1n) is 38.7. The van der Waals surface area contributed by atoms with E-state index in [4.69, 9.17) is 37.0 Å². The molecule has 558 valence electrons. The monoisotopic (exact) mass is 1380 g/mol. The molecule has 0 aromatic rings. The highest BCUT2D eigenvalue weighted by molar-refractivity contribution is 7.47. The summed E-state index contributed by atoms with van der Waals surface area (Å²) in [4.78, 5) is 72.7. The Kier molecular flexibility index (Phi) is 63.1. The van der Waals surface area contributed by atoms with Crippen molar-refractivity contribution in [2.24, 2.45) is 23.7 Å². The van der Waals surface area contributed by atoms with Crippen LogP contribution in [0.5, 0.6) is 0 Å². The fourth-order valence-electron chi connectivity index (χ4n) is 11.3. The molecule has 0 aliphatic heterocycles. The van der Waals surface area contributed by atoms with Crippen molar-refractivity contribution in [3.63, 3.8) is 0 Å². The number of carbonyl (C=O) groups excluding carboxylic acids is 4. The number of unbranched alkanes of at least 4 members (excludes halogenated alkanes) is 37. The van der Waals surface area contributed by atoms with Crippen molar-refractivity contribution in [3.05, 3.63) is 0 Å². The van der Waals surface area contributed by atoms with E-state index in [2.05, 4.69) is 55.4 Å². The van der Waals surface area contributed by atoms with E-state index in [1.54, 1.807) is 0 Å². The third kappa shape index (κ3) is 67.3. The highest BCUT2D eigenvalue weighted by Crippen LogP contribution is 2.45. The van der Waals surface area contributed by atoms with E-state index in [-0.39, 0.29) is 25.7 Å². The van der Waals surface area contributed by atoms with Gasteiger partial charge in [0.05, 0.1) is 26.4 Å². The number of hydrogen-bond donors (Lipinski definition) is 3. The molecular formula is C75H146O17P2. The summed E-state index contributed by atoms with van der Waals surface area (Å²) < 4.78 is 68.5. The number of phosphoric acid groups is 2. The molecule has 0 saturated heterocycles. The number of aliphatic hydroxyl groups is 1. The number of phosphoric ester groups is 2. The van der Waals surface area contributed by atoms with Crippen LogP contribution in [-0.4, -0.2) is 96.7 Å². The van der Waals surface area contributed by atoms with Crippen molar-refractivity contribution in [2.75, 3.05) is 39.6 Å². The van der Waals surface area contributed by atoms with Gasteiger partial charge in [-0.05, 0) is 49.4 Å². The molecule has 0 bridgehead atoms. The van der Waals surface area contributed by atoms with E-state index in [1.165, 1.54) is 173 Å². The minimum atomic E-state index is -4.96. The molecule has 0 rings (SSSR count). The number of esters is 4. The average molecular weight is 1380 g/mol. The summed E-state index contributed by atoms with van der Waals surface area (Å²) in [6.45, 7) is 14.2. The summed E-state index contributed by atoms with van der Waals surface area (Å²) in [7, 11) is -9.91. The van der Waals surface area contributed by atoms with Crippen molar-refractivity contribution in [1.29, 1.82) is 0 Å². The predicted molar refractivity (Wildman–Crippen MR) is 381 cm³/mol. The fourth-order valence-corrected chi connectivity index (χ4v) is 12.9. The molecule has 17 nitrogen and oxygen atoms in total. The van der Waals surface area contributed by atoms with E-state index in [1.807, 2.05) is 0 Å². The Bertz CT molecular complexity index is 1850. The molecule has 0 aliphatic carbocycles. The second-order valence-electron chi connectivity index (χ2n) is 28.7. The zero-order valence-electron chi connectivity index (χ0n) is 61.6. The lowest BCUT2D eigenvalue weighted by molar-refractivity contribution is -0.161. The van der Waals surface area contributed by atoms with Gasteiger partial charge in [-0.2, -0.15) is 0 Å². The van der Waals surface area contributed by atoms with Crippen LogP contribution in [0.1, 0.15) is 376 Å². The van der Waals surface area contributed by atoms with Crippen LogP contribution in [-0.2, 0) is 65.4 Å². The first-order chi connectivity index (χ1) is 45.1. The topological polar surface area (TPSA) is 237 Å². The molecule has 0 radical (unpaired) electrons. The number of carbonyl (C=O) groups is 4. The lowest BCUT2D eigenvalue weighted by Gasteiger charge is -2.21. The molecule has 4 unspecified atom stereocenters. The summed E-state index contributed by atoms with van der Waals surface area (Å²) in [6.07, 6.45) is 48.6. The van der Waals surface area contributed by atoms with Crippen LogP contribution in [0.25, 0.3) is 0 Å². The van der Waals surface area contributed by atoms with Gasteiger partial charge < -0.3 is 33.8 Å². The fraction of sp³-hybridized carbons (Fsp3) is 0.947. The molecule has 0 aliphatic rings. The second-order valence-corrected chi connectivity index (χ2v) is 31.6. The van der Waals surface area contributed by atoms with Crippen LogP contribution in [0, 0.1) is 23.7 Å². The van der Waals surface area contributed by atoms with E-state index in [0.29, 0.717) is 31.6 Å². The molecule has 0 aromatic heterocycles. The number of rotatable bonds is 72. The summed E-state index contributed by atoms with van der Waals surface area (Å²) in [5.41, 5.74) is 0. The Morgan fingerprint density at radius 3 is 0.755 bits per heavy atom. The van der Waals surface area contributed by atoms with Gasteiger partial charge in [0.25, 0.3) is 0 Å². The van der Waals surface area contributed by atoms with Crippen LogP contribution in [0.15, 0.2) is 0 Å². The molecule has 6 atom stereocenters. The lowest BCUT2D eigenvalue weighted by atomic mass is 9.99. The van der Waals surface area contributed by atoms with E-state index < -0.39 is 97.5 Å². The van der Waals surface area contributed by atoms with Gasteiger partial charge in [-0.25, -0.2) is 9.13 Å². The number of hydrogen-bond acceptors (Lipinski definition) is 15. The predicted octanol–water partition coefficient (Wildman–Crippen LogP) is 21.7. The highest BCUT2D eigenvalue weighted by atomic mass is 31.2. The Hall–Kier alpha value is -1.94. The van der Waals surface area contributed by atoms with Gasteiger partial charge in [-0.3, -0.25) is 37.3 Å². The van der Waals surface area contributed by atoms with Crippen LogP contribution >= 0.6 is 15.6 Å². The molecule has 0 fully saturated rings. The van der Waals surface area contributed by atoms with Crippen molar-refractivity contribution >= 4 is 39.5 Å². The Morgan fingerprint density at radius 2 is 0.511 bits per heavy atom. The Morgan fingerprint density at radius 1 is 0.298 bits per heavy atom. The minimum Gasteiger partial charge on any atom is -0.462 e. The van der Waals surface area contributed by atoms with E-state index >= 15 is 0 Å². The Balaban J connectivity index is 5.24. The van der Waals surface area contributed by atoms with Gasteiger partial charge in [-0.15, -0.1) is 0 Å². The van der Waals surface area contributed by atoms with Gasteiger partial charge in [-0.1, -0.05) is 325 Å². The maximum atomic E-state index is 13.1. The van der Waals surface area contributed by atoms with Gasteiger partial charge in [0, 0.05) is 25.7 Å². The highest BCUT2D eigenvalue weighted by Gasteiger charge is 2.30. The quantitative estimate of drug-likeness (QED) is 0.0222. The molecular weight excluding hydrogens is 1230 g/mol. The van der Waals surface area contributed by atoms with Crippen LogP contribution in [0.3, 0.4) is 0 Å². The zero-order chi connectivity index (χ0) is 69.6. The standard InChI is InChI=1S/C75H146O17P2/c1-9-68(8)54-46-38-30-24-25-33-42-50-58-75(80)92-71(62-86-73(78)56-48-40-34-26-29-37-45-53-67(6)7)64-90-94(83,84)88-60-69(76)59-87-93(81,82)89-63-70(61-85-72(77)55-47-39-31-22-19-18-21-28-36-44-52-66(4)5)91-74(79)57-49-41-32-23-17-15-13-11-10-12-14-16-20-27-35-43-51-65(2)3/h65-71,76H,9-64H2,1-8H3,(H,81,82)(H,83,84)/t68?,69?,70-,71-/m1/s1. The third-order valence-corrected chi connectivity index (χ3v) is 19.6. The molecule has 0 heterocycles. The smallest absolute Gasteiger partial charge is 0.462 e. The molecule has 19 heteroatoms. The average Bonchev–Trinajstić information content (AvgIpc) is 2.00. The van der Waals surface area contributed by atoms with Gasteiger partial charge >= 0.3 is 39.5 Å². The van der Waals surface area contributed by atoms with E-state index in [0.717, 1.165) is 114 Å². The van der Waals surface area contributed by atoms with Crippen molar-refractivity contribution < 1.29 is 80.2 Å². The van der Waals surface area contributed by atoms with Gasteiger partial charge in [0.2, 0.25) is 0 Å². The molecule has 0 spiro atoms. The van der Waals surface area contributed by atoms with Gasteiger partial charge in [0.1, 0.15) is 19.3 Å². The van der Waals surface area contributed by atoms with Crippen LogP contribution in [0.2, 0.25) is 0 Å². The van der Waals surface area contributed by atoms with Crippen LogP contribution in [0.4, 0.5) is 0 Å². The van der Waals surface area contributed by atoms with Crippen LogP contribution < -0.4 is 0 Å². The summed E-state index contributed by atoms with van der Waals surface area (Å²) in [5.74, 6) is 0.918. The summed E-state index contributed by atoms with van der Waals surface area (Å²) in [6, 6.07) is 0. The molecule has 0 aromatic carbocycles. The van der Waals surface area contributed by atoms with Crippen molar-refractivity contribution in [2.45, 2.75) is 395 Å². The van der Waals surface area contributed by atoms with Crippen molar-refractivity contribution in [1.82, 2.24) is 0 Å². The minimum absolute atomic E-state index is 0.104. The first kappa shape index (κ1) is 92.1. The van der Waals surface area contributed by atoms with E-state index in [9.17, 15) is 43.2 Å². The maximum Gasteiger partial charge on any atom is 0.472 e.